The van der Waals surface area contributed by atoms with Gasteiger partial charge in [0.05, 0.1) is 6.61 Å². The first-order valence-electron chi connectivity index (χ1n) is 12.3. The van der Waals surface area contributed by atoms with E-state index in [9.17, 15) is 9.90 Å². The number of carboxylic acids is 1. The van der Waals surface area contributed by atoms with Crippen LogP contribution >= 0.6 is 11.8 Å². The average Bonchev–Trinajstić information content (AvgIpc) is 3.22. The maximum absolute atomic E-state index is 10.7. The molecule has 1 aromatic heterocycles. The van der Waals surface area contributed by atoms with Gasteiger partial charge in [0.15, 0.2) is 0 Å². The lowest BCUT2D eigenvalue weighted by Crippen LogP contribution is -2.24. The Hall–Kier alpha value is -2.77. The number of hydrogen-bond donors (Lipinski definition) is 2. The van der Waals surface area contributed by atoms with Crippen molar-refractivity contribution in [1.82, 2.24) is 9.78 Å². The zero-order valence-electron chi connectivity index (χ0n) is 20.2. The Morgan fingerprint density at radius 1 is 1.06 bits per heavy atom. The van der Waals surface area contributed by atoms with E-state index < -0.39 is 5.97 Å². The number of carboxylic acid groups (broad SMARTS) is 1. The fraction of sp³-hybridized carbons (Fsp3) is 0.429. The number of benzene rings is 2. The van der Waals surface area contributed by atoms with Gasteiger partial charge in [-0.3, -0.25) is 4.68 Å². The normalized spacial score (nSPS) is 18.0. The van der Waals surface area contributed by atoms with Gasteiger partial charge in [0.25, 0.3) is 0 Å². The van der Waals surface area contributed by atoms with Crippen molar-refractivity contribution >= 4 is 17.7 Å². The van der Waals surface area contributed by atoms with Gasteiger partial charge >= 0.3 is 5.97 Å². The number of aromatic nitrogens is 2. The highest BCUT2D eigenvalue weighted by molar-refractivity contribution is 7.98. The first kappa shape index (κ1) is 25.3. The third kappa shape index (κ3) is 6.67. The van der Waals surface area contributed by atoms with Crippen LogP contribution in [0, 0.1) is 11.8 Å². The fourth-order valence-electron chi connectivity index (χ4n) is 5.00. The third-order valence-corrected chi connectivity index (χ3v) is 7.37. The minimum atomic E-state index is -0.910. The van der Waals surface area contributed by atoms with Crippen LogP contribution in [0.4, 0.5) is 0 Å². The van der Waals surface area contributed by atoms with E-state index >= 15 is 0 Å². The first-order valence-corrected chi connectivity index (χ1v) is 13.7. The van der Waals surface area contributed by atoms with Gasteiger partial charge in [-0.15, -0.1) is 0 Å². The van der Waals surface area contributed by atoms with Gasteiger partial charge in [0, 0.05) is 23.4 Å². The largest absolute Gasteiger partial charge is 0.508 e. The van der Waals surface area contributed by atoms with E-state index in [1.54, 1.807) is 6.07 Å². The van der Waals surface area contributed by atoms with Crippen LogP contribution in [-0.2, 0) is 22.5 Å². The fourth-order valence-corrected chi connectivity index (χ4v) is 5.40. The molecule has 0 atom stereocenters. The molecule has 0 amide bonds. The molecule has 4 rings (SSSR count). The lowest BCUT2D eigenvalue weighted by molar-refractivity contribution is -0.142. The van der Waals surface area contributed by atoms with Gasteiger partial charge in [-0.2, -0.15) is 16.9 Å². The van der Waals surface area contributed by atoms with Gasteiger partial charge in [-0.25, -0.2) is 4.79 Å². The van der Waals surface area contributed by atoms with Crippen LogP contribution < -0.4 is 0 Å². The van der Waals surface area contributed by atoms with Crippen molar-refractivity contribution in [3.05, 3.63) is 60.3 Å². The van der Waals surface area contributed by atoms with Crippen molar-refractivity contribution in [2.75, 3.05) is 25.2 Å². The molecule has 186 valence electrons. The summed E-state index contributed by atoms with van der Waals surface area (Å²) in [6.45, 7) is 1.18. The van der Waals surface area contributed by atoms with Crippen LogP contribution in [0.1, 0.15) is 31.4 Å². The van der Waals surface area contributed by atoms with E-state index in [-0.39, 0.29) is 12.4 Å². The molecule has 0 unspecified atom stereocenters. The average molecular weight is 495 g/mol. The Labute approximate surface area is 211 Å². The summed E-state index contributed by atoms with van der Waals surface area (Å²) in [5, 5.41) is 24.2. The number of aromatic hydroxyl groups is 1. The molecule has 0 saturated heterocycles. The lowest BCUT2D eigenvalue weighted by atomic mass is 9.82. The van der Waals surface area contributed by atoms with Crippen molar-refractivity contribution in [3.63, 3.8) is 0 Å². The number of nitrogens with zero attached hydrogens (tertiary/aromatic N) is 2. The summed E-state index contributed by atoms with van der Waals surface area (Å²) >= 11 is 1.83. The molecule has 1 aliphatic rings. The molecular formula is C28H34N2O4S. The zero-order chi connectivity index (χ0) is 24.6. The van der Waals surface area contributed by atoms with Gasteiger partial charge < -0.3 is 14.9 Å². The van der Waals surface area contributed by atoms with Crippen molar-refractivity contribution in [3.8, 4) is 28.1 Å². The molecule has 1 saturated carbocycles. The molecule has 0 spiro atoms. The molecule has 6 nitrogen and oxygen atoms in total. The monoisotopic (exact) mass is 494 g/mol. The van der Waals surface area contributed by atoms with E-state index in [0.717, 1.165) is 66.8 Å². The molecule has 0 aliphatic heterocycles. The molecule has 2 aromatic carbocycles. The highest BCUT2D eigenvalue weighted by atomic mass is 32.2. The summed E-state index contributed by atoms with van der Waals surface area (Å²) in [6.07, 6.45) is 7.31. The second kappa shape index (κ2) is 12.3. The minimum Gasteiger partial charge on any atom is -0.508 e. The molecule has 7 heteroatoms. The molecule has 3 aromatic rings. The molecule has 1 fully saturated rings. The van der Waals surface area contributed by atoms with E-state index in [4.69, 9.17) is 14.9 Å². The molecule has 0 radical (unpaired) electrons. The summed E-state index contributed by atoms with van der Waals surface area (Å²) < 4.78 is 7.55. The summed E-state index contributed by atoms with van der Waals surface area (Å²) in [5.74, 6) is 1.31. The smallest absolute Gasteiger partial charge is 0.329 e. The number of ether oxygens (including phenoxy) is 1. The SMILES string of the molecule is CSCCc1c(-c2cccc(O)c2)c(-c2ccccc2)nn1CC1CCC(COCC(=O)O)CC1. The van der Waals surface area contributed by atoms with Crippen LogP contribution in [0.15, 0.2) is 54.6 Å². The van der Waals surface area contributed by atoms with Crippen molar-refractivity contribution in [1.29, 1.82) is 0 Å². The first-order chi connectivity index (χ1) is 17.0. The highest BCUT2D eigenvalue weighted by Gasteiger charge is 2.26. The zero-order valence-corrected chi connectivity index (χ0v) is 21.0. The van der Waals surface area contributed by atoms with Crippen LogP contribution in [0.25, 0.3) is 22.4 Å². The van der Waals surface area contributed by atoms with Crippen LogP contribution in [-0.4, -0.2) is 51.2 Å². The predicted molar refractivity (Wildman–Crippen MR) is 141 cm³/mol. The highest BCUT2D eigenvalue weighted by Crippen LogP contribution is 2.38. The Morgan fingerprint density at radius 3 is 2.46 bits per heavy atom. The second-order valence-corrected chi connectivity index (χ2v) is 10.3. The summed E-state index contributed by atoms with van der Waals surface area (Å²) in [5.41, 5.74) is 5.36. The summed E-state index contributed by atoms with van der Waals surface area (Å²) in [4.78, 5) is 10.7. The van der Waals surface area contributed by atoms with Gasteiger partial charge in [0.1, 0.15) is 18.1 Å². The minimum absolute atomic E-state index is 0.216. The number of rotatable bonds is 11. The predicted octanol–water partition coefficient (Wildman–Crippen LogP) is 5.74. The van der Waals surface area contributed by atoms with Crippen LogP contribution in [0.5, 0.6) is 5.75 Å². The van der Waals surface area contributed by atoms with Crippen molar-refractivity contribution in [2.45, 2.75) is 38.6 Å². The number of carbonyl (C=O) groups is 1. The number of phenols is 1. The van der Waals surface area contributed by atoms with Gasteiger partial charge in [-0.05, 0) is 73.6 Å². The van der Waals surface area contributed by atoms with Crippen molar-refractivity contribution < 1.29 is 19.7 Å². The van der Waals surface area contributed by atoms with E-state index in [1.165, 1.54) is 5.69 Å². The Balaban J connectivity index is 1.60. The van der Waals surface area contributed by atoms with Crippen LogP contribution in [0.2, 0.25) is 0 Å². The third-order valence-electron chi connectivity index (χ3n) is 6.76. The maximum atomic E-state index is 10.7. The molecule has 2 N–H and O–H groups in total. The topological polar surface area (TPSA) is 84.6 Å². The van der Waals surface area contributed by atoms with Crippen molar-refractivity contribution in [2.24, 2.45) is 11.8 Å². The second-order valence-electron chi connectivity index (χ2n) is 9.31. The number of aliphatic carboxylic acids is 1. The Bertz CT molecular complexity index is 1110. The van der Waals surface area contributed by atoms with Gasteiger partial charge in [0.2, 0.25) is 0 Å². The van der Waals surface area contributed by atoms with E-state index in [1.807, 2.05) is 42.1 Å². The molecule has 0 bridgehead atoms. The molecule has 35 heavy (non-hydrogen) atoms. The Kier molecular flexibility index (Phi) is 8.88. The quantitative estimate of drug-likeness (QED) is 0.354. The van der Waals surface area contributed by atoms with Gasteiger partial charge in [-0.1, -0.05) is 42.5 Å². The lowest BCUT2D eigenvalue weighted by Gasteiger charge is -2.28. The maximum Gasteiger partial charge on any atom is 0.329 e. The number of hydrogen-bond acceptors (Lipinski definition) is 5. The van der Waals surface area contributed by atoms with E-state index in [2.05, 4.69) is 29.1 Å². The van der Waals surface area contributed by atoms with Crippen LogP contribution in [0.3, 0.4) is 0 Å². The summed E-state index contributed by atoms with van der Waals surface area (Å²) in [7, 11) is 0. The number of thioether (sulfide) groups is 1. The summed E-state index contributed by atoms with van der Waals surface area (Å²) in [6, 6.07) is 17.8. The Morgan fingerprint density at radius 2 is 1.77 bits per heavy atom. The number of phenolic OH excluding ortho intramolecular Hbond substituents is 1. The van der Waals surface area contributed by atoms with E-state index in [0.29, 0.717) is 18.4 Å². The molecule has 1 heterocycles. The standard InChI is InChI=1S/C28H34N2O4S/c1-35-15-14-25-27(23-8-5-9-24(31)16-23)28(22-6-3-2-4-7-22)29-30(25)17-20-10-12-21(13-11-20)18-34-19-26(32)33/h2-9,16,20-21,31H,10-15,17-19H2,1H3,(H,32,33). The molecule has 1 aliphatic carbocycles. The molecular weight excluding hydrogens is 460 g/mol.